The molecule has 0 aliphatic heterocycles. The number of nitrogens with one attached hydrogen (secondary N) is 1. The van der Waals surface area contributed by atoms with Gasteiger partial charge in [-0.2, -0.15) is 27.5 Å². The third-order valence-corrected chi connectivity index (χ3v) is 9.59. The van der Waals surface area contributed by atoms with Crippen molar-refractivity contribution in [3.05, 3.63) is 80.6 Å². The van der Waals surface area contributed by atoms with Crippen LogP contribution in [0.2, 0.25) is 0 Å². The molecule has 0 heterocycles. The van der Waals surface area contributed by atoms with Gasteiger partial charge in [-0.15, -0.1) is 17.7 Å². The number of hydrogen-bond acceptors (Lipinski definition) is 23. The van der Waals surface area contributed by atoms with E-state index in [9.17, 15) is 40.0 Å². The van der Waals surface area contributed by atoms with Crippen molar-refractivity contribution in [3.63, 3.8) is 0 Å². The van der Waals surface area contributed by atoms with Gasteiger partial charge in [-0.1, -0.05) is 28.3 Å². The maximum atomic E-state index is 12.0. The number of benzene rings is 4. The molecule has 0 fully saturated rings. The van der Waals surface area contributed by atoms with Crippen molar-refractivity contribution in [2.75, 3.05) is 22.7 Å². The number of hydrogen-bond donors (Lipinski definition) is 5. The number of phenols is 2. The van der Waals surface area contributed by atoms with E-state index in [1.54, 1.807) is 0 Å². The number of phenolic OH excluding ortho intramolecular Hbond substituents is 2. The molecule has 0 atom stereocenters. The summed E-state index contributed by atoms with van der Waals surface area (Å²) in [5, 5.41) is 40.0. The second kappa shape index (κ2) is 31.5. The smallest absolute Gasteiger partial charge is 0.747 e. The second-order valence-electron chi connectivity index (χ2n) is 10.0. The average molecular weight is 1090 g/mol. The fourth-order valence-electron chi connectivity index (χ4n) is 3.74. The molecule has 4 aromatic rings. The van der Waals surface area contributed by atoms with Crippen LogP contribution in [0.1, 0.15) is 0 Å². The van der Waals surface area contributed by atoms with Gasteiger partial charge < -0.3 is 43.0 Å². The molecule has 0 aromatic heterocycles. The first-order valence-electron chi connectivity index (χ1n) is 14.2. The number of aromatic hydroxyl groups is 2. The number of rotatable bonds is 11. The molecule has 4 rings (SSSR count). The van der Waals surface area contributed by atoms with E-state index >= 15 is 0 Å². The van der Waals surface area contributed by atoms with Gasteiger partial charge in [0.25, 0.3) is 0 Å². The quantitative estimate of drug-likeness (QED) is 0.0306. The van der Waals surface area contributed by atoms with Crippen LogP contribution in [0.4, 0.5) is 28.4 Å². The standard InChI is InChI=1S/C27H24N5O9S3.Cu.4Na.2H2O4S.O3S/c1-3-42(35,36)18-7-5-17(6-8-18)29-32-26-20-10-14-24(27(34)21(20)11-13-23(26)28-16-44(39,40)41)31-30-22-12-9-19(15-25(22)33)43(37,38)4-2;;;;;;2*1-5(2,3)4;1-4(2)3/h5-13,15,28,33-34H,1-4,16H2,(H,39,40,41);;;;;;2*(H2,1,2,3,4);/q-3;;4*+1;;;/p-3. The number of nitrogens with zero attached hydrogens (tertiary/aromatic N) is 4. The van der Waals surface area contributed by atoms with Crippen molar-refractivity contribution in [1.82, 2.24) is 0 Å². The first kappa shape index (κ1) is 71.4. The van der Waals surface area contributed by atoms with Gasteiger partial charge in [0.2, 0.25) is 20.8 Å². The fourth-order valence-corrected chi connectivity index (χ4v) is 5.66. The van der Waals surface area contributed by atoms with Crippen LogP contribution in [0.3, 0.4) is 0 Å². The van der Waals surface area contributed by atoms with E-state index in [2.05, 4.69) is 45.7 Å². The average Bonchev–Trinajstić information content (AvgIpc) is 3.08. The minimum atomic E-state index is -4.92. The van der Waals surface area contributed by atoms with Crippen LogP contribution in [-0.4, -0.2) is 105 Å². The molecule has 0 saturated heterocycles. The van der Waals surface area contributed by atoms with Gasteiger partial charge >= 0.3 is 129 Å². The topological polar surface area (TPSA) is 433 Å². The summed E-state index contributed by atoms with van der Waals surface area (Å²) in [7, 11) is -24.9. The van der Waals surface area contributed by atoms with E-state index in [1.165, 1.54) is 54.6 Å². The summed E-state index contributed by atoms with van der Waals surface area (Å²) >= 11 is 0. The predicted octanol–water partition coefficient (Wildman–Crippen LogP) is -9.97. The first-order valence-corrected chi connectivity index (χ1v) is 22.8. The van der Waals surface area contributed by atoms with Crippen molar-refractivity contribution < 1.29 is 223 Å². The molecule has 36 heteroatoms. The molecule has 1 radical (unpaired) electrons. The summed E-state index contributed by atoms with van der Waals surface area (Å²) in [4.78, 5) is -0.118. The van der Waals surface area contributed by atoms with Crippen molar-refractivity contribution in [3.8, 4) is 11.5 Å². The summed E-state index contributed by atoms with van der Waals surface area (Å²) in [6, 6.07) is 15.7. The maximum absolute atomic E-state index is 12.0. The van der Waals surface area contributed by atoms with Gasteiger partial charge in [0.1, 0.15) is 27.4 Å². The molecule has 0 unspecified atom stereocenters. The molecule has 4 aromatic carbocycles. The molecular weight excluding hydrogens is 1060 g/mol. The van der Waals surface area contributed by atoms with Crippen LogP contribution >= 0.6 is 0 Å². The second-order valence-corrected chi connectivity index (χ2v) is 17.8. The Morgan fingerprint density at radius 1 is 0.651 bits per heavy atom. The van der Waals surface area contributed by atoms with Crippen LogP contribution in [0.15, 0.2) is 90.9 Å². The van der Waals surface area contributed by atoms with E-state index in [4.69, 9.17) is 47.7 Å². The van der Waals surface area contributed by atoms with Crippen LogP contribution in [0.5, 0.6) is 11.5 Å². The van der Waals surface area contributed by atoms with Crippen LogP contribution in [0.25, 0.3) is 10.8 Å². The van der Waals surface area contributed by atoms with Gasteiger partial charge in [-0.3, -0.25) is 9.11 Å². The Kier molecular flexibility index (Phi) is 35.7. The van der Waals surface area contributed by atoms with Crippen LogP contribution in [-0.2, 0) is 78.3 Å². The summed E-state index contributed by atoms with van der Waals surface area (Å²) in [6.45, 7) is 6.74. The zero-order valence-corrected chi connectivity index (χ0v) is 46.5. The Morgan fingerprint density at radius 2 is 1.10 bits per heavy atom. The molecule has 0 aliphatic rings. The number of azo groups is 2. The SMILES string of the molecule is O=S(=O)([O-])O.O=S(=O)([O-])O.O=S(=O)=O.[CH2-]CS(=O)(=O)c1ccc(N=Nc2c(NCS(=O)(=O)[O-])ccc3c(O)c(N=Nc4ccc(S(=O)(=O)C[CH2-])cc4O)[c-]cc23)cc1.[Cu].[Na+].[Na+].[Na+].[Na+]. The Balaban J connectivity index is -0.000000515. The summed E-state index contributed by atoms with van der Waals surface area (Å²) in [5.74, 6) is -2.63. The molecule has 0 bridgehead atoms. The van der Waals surface area contributed by atoms with E-state index in [0.717, 1.165) is 6.07 Å². The summed E-state index contributed by atoms with van der Waals surface area (Å²) in [6.07, 6.45) is 0. The van der Waals surface area contributed by atoms with Gasteiger partial charge in [0.15, 0.2) is 19.7 Å². The molecule has 331 valence electrons. The fraction of sp³-hybridized carbons (Fsp3) is 0.111. The van der Waals surface area contributed by atoms with Crippen LogP contribution < -0.4 is 124 Å². The molecule has 0 aliphatic carbocycles. The molecule has 25 nitrogen and oxygen atoms in total. The molecule has 63 heavy (non-hydrogen) atoms. The number of sulfone groups is 2. The van der Waals surface area contributed by atoms with Gasteiger partial charge in [-0.25, -0.2) is 42.1 Å². The number of anilines is 1. The van der Waals surface area contributed by atoms with E-state index in [1.807, 2.05) is 0 Å². The van der Waals surface area contributed by atoms with Crippen molar-refractivity contribution in [2.24, 2.45) is 20.5 Å². The van der Waals surface area contributed by atoms with Gasteiger partial charge in [-0.05, 0) is 42.5 Å². The molecule has 0 amide bonds. The van der Waals surface area contributed by atoms with E-state index in [-0.39, 0.29) is 190 Å². The Labute approximate surface area is 461 Å². The van der Waals surface area contributed by atoms with E-state index in [0.29, 0.717) is 0 Å². The Bertz CT molecular complexity index is 2830. The first-order chi connectivity index (χ1) is 26.4. The number of fused-ring (bicyclic) bond motifs is 1. The minimum Gasteiger partial charge on any atom is -0.747 e. The molecule has 0 spiro atoms. The molecular formula is C27H25CuN5Na4O20S6-2. The Morgan fingerprint density at radius 3 is 1.52 bits per heavy atom. The van der Waals surface area contributed by atoms with Gasteiger partial charge in [0, 0.05) is 34.6 Å². The largest absolute Gasteiger partial charge is 1.00 e. The zero-order valence-electron chi connectivity index (χ0n) is 32.7. The third kappa shape index (κ3) is 29.0. The summed E-state index contributed by atoms with van der Waals surface area (Å²) in [5.41, 5.74) is 0.0544. The van der Waals surface area contributed by atoms with Gasteiger partial charge in [0.05, 0.1) is 26.9 Å². The van der Waals surface area contributed by atoms with Crippen molar-refractivity contribution in [1.29, 1.82) is 0 Å². The third-order valence-electron chi connectivity index (χ3n) is 6.05. The van der Waals surface area contributed by atoms with E-state index < -0.39 is 84.3 Å². The summed E-state index contributed by atoms with van der Waals surface area (Å²) < 4.78 is 173. The van der Waals surface area contributed by atoms with Crippen LogP contribution in [0, 0.1) is 19.9 Å². The monoisotopic (exact) mass is 1090 g/mol. The minimum absolute atomic E-state index is 0. The zero-order chi connectivity index (χ0) is 44.9. The van der Waals surface area contributed by atoms with Crippen molar-refractivity contribution in [2.45, 2.75) is 9.79 Å². The maximum Gasteiger partial charge on any atom is 1.00 e. The Hall–Kier alpha value is -0.571. The normalized spacial score (nSPS) is 11.2. The predicted molar refractivity (Wildman–Crippen MR) is 195 cm³/mol. The molecule has 0 saturated carbocycles. The molecule has 5 N–H and O–H groups in total. The van der Waals surface area contributed by atoms with Crippen molar-refractivity contribution >= 4 is 100 Å².